The van der Waals surface area contributed by atoms with Crippen LogP contribution in [0, 0.1) is 17.8 Å². The van der Waals surface area contributed by atoms with Crippen LogP contribution in [0.15, 0.2) is 35.3 Å². The van der Waals surface area contributed by atoms with Gasteiger partial charge < -0.3 is 60.4 Å². The molecule has 3 aliphatic heterocycles. The minimum atomic E-state index is -2.07. The summed E-state index contributed by atoms with van der Waals surface area (Å²) in [5, 5.41) is 30.8. The largest absolute Gasteiger partial charge is 0.509 e. The Hall–Kier alpha value is -7.84. The van der Waals surface area contributed by atoms with Gasteiger partial charge in [-0.2, -0.15) is 0 Å². The van der Waals surface area contributed by atoms with Crippen molar-refractivity contribution in [3.05, 3.63) is 68.8 Å². The number of cyclic esters (lactones) is 1. The van der Waals surface area contributed by atoms with E-state index in [2.05, 4.69) is 31.6 Å². The number of phenols is 1. The van der Waals surface area contributed by atoms with Crippen molar-refractivity contribution >= 4 is 58.5 Å². The molecule has 0 spiro atoms. The van der Waals surface area contributed by atoms with Crippen molar-refractivity contribution in [2.75, 3.05) is 39.5 Å². The molecule has 3 atom stereocenters. The fourth-order valence-corrected chi connectivity index (χ4v) is 11.7. The third kappa shape index (κ3) is 15.7. The zero-order chi connectivity index (χ0) is 63.0. The second kappa shape index (κ2) is 27.9. The van der Waals surface area contributed by atoms with Gasteiger partial charge in [-0.05, 0) is 134 Å². The molecule has 6 amide bonds. The zero-order valence-corrected chi connectivity index (χ0v) is 51.0. The van der Waals surface area contributed by atoms with Crippen LogP contribution in [0.5, 0.6) is 5.75 Å². The molecule has 0 radical (unpaired) electrons. The molecule has 0 bridgehead atoms. The number of fused-ring (bicyclic) bond motifs is 5. The van der Waals surface area contributed by atoms with Crippen LogP contribution in [-0.4, -0.2) is 145 Å². The van der Waals surface area contributed by atoms with Crippen LogP contribution < -0.4 is 32.6 Å². The van der Waals surface area contributed by atoms with Crippen molar-refractivity contribution in [1.29, 1.82) is 0 Å². The molecule has 6 heterocycles. The van der Waals surface area contributed by atoms with Crippen LogP contribution in [0.2, 0.25) is 0 Å². The molecule has 472 valence electrons. The summed E-state index contributed by atoms with van der Waals surface area (Å²) in [7, 11) is 0. The first-order valence-electron chi connectivity index (χ1n) is 30.1. The number of ether oxygens (including phenoxy) is 5. The number of aryl methyl sites for hydroxylation is 1. The minimum absolute atomic E-state index is 0.0723. The Kier molecular flexibility index (Phi) is 20.9. The lowest BCUT2D eigenvalue weighted by Crippen LogP contribution is -2.53. The summed E-state index contributed by atoms with van der Waals surface area (Å²) in [4.78, 5) is 125. The molecule has 87 heavy (non-hydrogen) atoms. The van der Waals surface area contributed by atoms with E-state index in [1.807, 2.05) is 20.8 Å². The molecule has 1 aromatic carbocycles. The monoisotopic (exact) mass is 1210 g/mol. The lowest BCUT2D eigenvalue weighted by atomic mass is 9.81. The second-order valence-electron chi connectivity index (χ2n) is 24.7. The van der Waals surface area contributed by atoms with Gasteiger partial charge in [-0.3, -0.25) is 38.5 Å². The number of hydrogen-bond acceptors (Lipinski definition) is 19. The Morgan fingerprint density at radius 1 is 0.931 bits per heavy atom. The highest BCUT2D eigenvalue weighted by molar-refractivity contribution is 6.02. The predicted octanol–water partition coefficient (Wildman–Crippen LogP) is 3.83. The van der Waals surface area contributed by atoms with E-state index in [1.165, 1.54) is 11.0 Å². The summed E-state index contributed by atoms with van der Waals surface area (Å²) >= 11 is 0. The quantitative estimate of drug-likeness (QED) is 0.0235. The van der Waals surface area contributed by atoms with Crippen molar-refractivity contribution in [3.63, 3.8) is 0 Å². The topological polar surface area (TPSA) is 346 Å². The number of imide groups is 1. The predicted molar refractivity (Wildman–Crippen MR) is 314 cm³/mol. The molecular formula is C61H83N11O15. The van der Waals surface area contributed by atoms with E-state index in [9.17, 15) is 48.3 Å². The Morgan fingerprint density at radius 3 is 2.34 bits per heavy atom. The maximum absolute atomic E-state index is 14.2. The summed E-state index contributed by atoms with van der Waals surface area (Å²) in [6.07, 6.45) is 5.62. The van der Waals surface area contributed by atoms with Crippen LogP contribution in [-0.2, 0) is 95.5 Å². The molecule has 7 N–H and O–H groups in total. The number of esters is 1. The van der Waals surface area contributed by atoms with Gasteiger partial charge in [0.05, 0.1) is 72.1 Å². The van der Waals surface area contributed by atoms with E-state index in [-0.39, 0.29) is 104 Å². The summed E-state index contributed by atoms with van der Waals surface area (Å²) in [5.74, 6) is -3.16. The fraction of sp³-hybridized carbons (Fsp3) is 0.607. The number of nitrogens with zero attached hydrogens (tertiary/aromatic N) is 6. The average molecular weight is 1210 g/mol. The second-order valence-corrected chi connectivity index (χ2v) is 24.7. The van der Waals surface area contributed by atoms with Crippen LogP contribution >= 0.6 is 0 Å². The molecule has 3 aromatic heterocycles. The van der Waals surface area contributed by atoms with Crippen molar-refractivity contribution in [2.45, 2.75) is 181 Å². The number of hydrogen-bond donors (Lipinski definition) is 6. The molecule has 3 unspecified atom stereocenters. The van der Waals surface area contributed by atoms with Gasteiger partial charge in [0.1, 0.15) is 43.9 Å². The first kappa shape index (κ1) is 65.1. The van der Waals surface area contributed by atoms with E-state index >= 15 is 0 Å². The molecule has 1 aliphatic carbocycles. The fourth-order valence-electron chi connectivity index (χ4n) is 11.7. The summed E-state index contributed by atoms with van der Waals surface area (Å²) < 4.78 is 31.9. The third-order valence-electron chi connectivity index (χ3n) is 16.6. The first-order chi connectivity index (χ1) is 41.3. The Morgan fingerprint density at radius 2 is 1.66 bits per heavy atom. The van der Waals surface area contributed by atoms with Crippen LogP contribution in [0.1, 0.15) is 148 Å². The van der Waals surface area contributed by atoms with E-state index < -0.39 is 84.1 Å². The summed E-state index contributed by atoms with van der Waals surface area (Å²) in [6, 6.07) is 4.65. The third-order valence-corrected chi connectivity index (χ3v) is 16.6. The number of phenolic OH excluding ortho intramolecular Hbond substituents is 1. The molecule has 26 heteroatoms. The van der Waals surface area contributed by atoms with E-state index in [0.29, 0.717) is 74.3 Å². The Labute approximate surface area is 504 Å². The minimum Gasteiger partial charge on any atom is -0.508 e. The zero-order valence-electron chi connectivity index (χ0n) is 51.0. The van der Waals surface area contributed by atoms with Crippen LogP contribution in [0.25, 0.3) is 22.3 Å². The summed E-state index contributed by atoms with van der Waals surface area (Å²) in [6.45, 7) is 14.2. The number of rotatable bonds is 28. The van der Waals surface area contributed by atoms with Crippen LogP contribution in [0.4, 0.5) is 4.79 Å². The van der Waals surface area contributed by atoms with Gasteiger partial charge in [-0.1, -0.05) is 32.9 Å². The highest BCUT2D eigenvalue weighted by Gasteiger charge is 2.51. The van der Waals surface area contributed by atoms with Crippen molar-refractivity contribution in [3.8, 4) is 17.1 Å². The Balaban J connectivity index is 0.778. The maximum atomic E-state index is 14.2. The lowest BCUT2D eigenvalue weighted by molar-refractivity contribution is -0.175. The van der Waals surface area contributed by atoms with Crippen LogP contribution in [0.3, 0.4) is 0 Å². The number of amides is 6. The van der Waals surface area contributed by atoms with Crippen molar-refractivity contribution in [1.82, 2.24) is 50.7 Å². The molecular weight excluding hydrogens is 1130 g/mol. The molecule has 1 saturated carbocycles. The standard InChI is InChI=1S/C61H83N11O15/c1-9-40-41-23-39(73)18-19-45(41)65-53-42(40)28-71-48(53)24-44-43(56(71)80)29-84-57(81)61(44,10-2)87-58(82)85-30-47(35(3)4)66-55(79)46(13-11-12-22-62)64-49(74)31-83-32-50(75)67-59(5,6)34-86-60(7,8)33-70-27-38(68-69-70)25-63-54(78)37-16-14-36(15-17-37)26-72-51(76)20-21-52(72)77/h18-19,23-24,27,35-37,46-47,73H,9-17,20-22,25-26,28-34,62H2,1-8H3,(H,63,78)(H,64,74)(H,66,79)(H,67,75). The molecule has 4 aliphatic rings. The van der Waals surface area contributed by atoms with Gasteiger partial charge in [0, 0.05) is 41.8 Å². The lowest BCUT2D eigenvalue weighted by Gasteiger charge is -2.35. The number of nitrogens with one attached hydrogen (secondary N) is 4. The molecule has 2 fully saturated rings. The highest BCUT2D eigenvalue weighted by Crippen LogP contribution is 2.43. The van der Waals surface area contributed by atoms with Gasteiger partial charge in [-0.15, -0.1) is 5.10 Å². The molecule has 8 rings (SSSR count). The average Bonchev–Trinajstić information content (AvgIpc) is 2.25. The number of benzene rings is 1. The molecule has 1 saturated heterocycles. The normalized spacial score (nSPS) is 19.0. The number of likely N-dealkylation sites (tertiary alicyclic amines) is 1. The van der Waals surface area contributed by atoms with Crippen molar-refractivity contribution < 1.29 is 67.1 Å². The number of pyridine rings is 2. The molecule has 4 aromatic rings. The number of unbranched alkanes of at least 4 members (excludes halogenated alkanes) is 1. The summed E-state index contributed by atoms with van der Waals surface area (Å²) in [5.41, 5.74) is 5.74. The number of aromatic hydroxyl groups is 1. The number of nitrogens with two attached hydrogens (primary N) is 1. The Bertz CT molecular complexity index is 3300. The van der Waals surface area contributed by atoms with Gasteiger partial charge in [0.15, 0.2) is 0 Å². The first-order valence-corrected chi connectivity index (χ1v) is 30.1. The van der Waals surface area contributed by atoms with Gasteiger partial charge in [0.25, 0.3) is 5.56 Å². The van der Waals surface area contributed by atoms with Crippen molar-refractivity contribution in [2.24, 2.45) is 23.5 Å². The number of carbonyl (C=O) groups excluding carboxylic acids is 8. The maximum Gasteiger partial charge on any atom is 0.509 e. The van der Waals surface area contributed by atoms with Gasteiger partial charge in [0.2, 0.25) is 41.0 Å². The van der Waals surface area contributed by atoms with E-state index in [0.717, 1.165) is 29.4 Å². The SMILES string of the molecule is CCc1c2c(nc3ccc(O)cc13)-c1cc3c(c(=O)n1C2)COC(=O)C3(CC)OC(=O)OCC(NC(=O)C(CCCCN)NC(=O)COCC(=O)NC(C)(C)COC(C)(C)Cn1cc(CNC(=O)C2CCC(CN3C(=O)CCC3=O)CC2)nn1)C(C)C. The van der Waals surface area contributed by atoms with Gasteiger partial charge >= 0.3 is 12.1 Å². The smallest absolute Gasteiger partial charge is 0.508 e. The highest BCUT2D eigenvalue weighted by atomic mass is 16.7. The number of aromatic nitrogens is 5. The van der Waals surface area contributed by atoms with E-state index in [4.69, 9.17) is 34.4 Å². The van der Waals surface area contributed by atoms with Gasteiger partial charge in [-0.25, -0.2) is 19.3 Å². The molecule has 26 nitrogen and oxygen atoms in total. The number of carbonyl (C=O) groups is 8. The van der Waals surface area contributed by atoms with E-state index in [1.54, 1.807) is 68.3 Å².